The Morgan fingerprint density at radius 1 is 1.33 bits per heavy atom. The highest BCUT2D eigenvalue weighted by Gasteiger charge is 2.38. The predicted molar refractivity (Wildman–Crippen MR) is 75.0 cm³/mol. The van der Waals surface area contributed by atoms with Gasteiger partial charge in [0.1, 0.15) is 0 Å². The van der Waals surface area contributed by atoms with Gasteiger partial charge in [-0.15, -0.1) is 0 Å². The SMILES string of the molecule is CNc1ccc(C(=O)NC(C)(C)C2CC2)c(C)c1. The van der Waals surface area contributed by atoms with Gasteiger partial charge in [0.05, 0.1) is 0 Å². The Balaban J connectivity index is 2.13. The first-order chi connectivity index (χ1) is 8.44. The lowest BCUT2D eigenvalue weighted by Crippen LogP contribution is -2.45. The minimum absolute atomic E-state index is 0.0343. The number of carbonyl (C=O) groups is 1. The second-order valence-corrected chi connectivity index (χ2v) is 5.73. The lowest BCUT2D eigenvalue weighted by Gasteiger charge is -2.26. The summed E-state index contributed by atoms with van der Waals surface area (Å²) in [6, 6.07) is 5.82. The van der Waals surface area contributed by atoms with Gasteiger partial charge in [-0.05, 0) is 63.3 Å². The fourth-order valence-corrected chi connectivity index (χ4v) is 2.34. The van der Waals surface area contributed by atoms with Gasteiger partial charge in [0.25, 0.3) is 5.91 Å². The number of rotatable bonds is 4. The summed E-state index contributed by atoms with van der Waals surface area (Å²) in [5.74, 6) is 0.672. The molecule has 0 atom stereocenters. The van der Waals surface area contributed by atoms with Crippen molar-refractivity contribution in [2.75, 3.05) is 12.4 Å². The van der Waals surface area contributed by atoms with E-state index < -0.39 is 0 Å². The lowest BCUT2D eigenvalue weighted by atomic mass is 9.97. The highest BCUT2D eigenvalue weighted by Crippen LogP contribution is 2.39. The number of benzene rings is 1. The quantitative estimate of drug-likeness (QED) is 0.857. The maximum absolute atomic E-state index is 12.3. The Morgan fingerprint density at radius 2 is 2.00 bits per heavy atom. The van der Waals surface area contributed by atoms with Crippen LogP contribution in [0.25, 0.3) is 0 Å². The van der Waals surface area contributed by atoms with Gasteiger partial charge in [0.15, 0.2) is 0 Å². The molecule has 1 amide bonds. The molecule has 0 unspecified atom stereocenters. The van der Waals surface area contributed by atoms with Crippen LogP contribution in [-0.4, -0.2) is 18.5 Å². The van der Waals surface area contributed by atoms with Crippen LogP contribution in [0, 0.1) is 12.8 Å². The second-order valence-electron chi connectivity index (χ2n) is 5.73. The number of amides is 1. The number of hydrogen-bond donors (Lipinski definition) is 2. The molecule has 0 bridgehead atoms. The van der Waals surface area contributed by atoms with E-state index in [1.807, 2.05) is 32.2 Å². The molecule has 1 aliphatic rings. The van der Waals surface area contributed by atoms with Gasteiger partial charge in [-0.3, -0.25) is 4.79 Å². The first-order valence-corrected chi connectivity index (χ1v) is 6.55. The zero-order chi connectivity index (χ0) is 13.3. The van der Waals surface area contributed by atoms with Crippen LogP contribution in [0.3, 0.4) is 0 Å². The van der Waals surface area contributed by atoms with Crippen molar-refractivity contribution in [3.8, 4) is 0 Å². The van der Waals surface area contributed by atoms with Crippen LogP contribution in [0.1, 0.15) is 42.6 Å². The van der Waals surface area contributed by atoms with Gasteiger partial charge < -0.3 is 10.6 Å². The summed E-state index contributed by atoms with van der Waals surface area (Å²) < 4.78 is 0. The summed E-state index contributed by atoms with van der Waals surface area (Å²) >= 11 is 0. The third kappa shape index (κ3) is 2.66. The second kappa shape index (κ2) is 4.63. The van der Waals surface area contributed by atoms with E-state index in [9.17, 15) is 4.79 Å². The van der Waals surface area contributed by atoms with Crippen molar-refractivity contribution in [3.63, 3.8) is 0 Å². The first kappa shape index (κ1) is 12.9. The Kier molecular flexibility index (Phi) is 3.33. The highest BCUT2D eigenvalue weighted by atomic mass is 16.1. The van der Waals surface area contributed by atoms with Crippen LogP contribution in [0.2, 0.25) is 0 Å². The summed E-state index contributed by atoms with van der Waals surface area (Å²) in [7, 11) is 1.88. The van der Waals surface area contributed by atoms with Gasteiger partial charge in [-0.2, -0.15) is 0 Å². The molecule has 18 heavy (non-hydrogen) atoms. The van der Waals surface area contributed by atoms with E-state index >= 15 is 0 Å². The molecule has 1 aromatic rings. The molecule has 0 spiro atoms. The Hall–Kier alpha value is -1.51. The summed E-state index contributed by atoms with van der Waals surface area (Å²) in [5.41, 5.74) is 2.71. The molecule has 0 heterocycles. The normalized spacial score (nSPS) is 15.3. The monoisotopic (exact) mass is 246 g/mol. The smallest absolute Gasteiger partial charge is 0.251 e. The third-order valence-corrected chi connectivity index (χ3v) is 3.79. The molecule has 1 aliphatic carbocycles. The summed E-state index contributed by atoms with van der Waals surface area (Å²) in [6.07, 6.45) is 2.45. The maximum Gasteiger partial charge on any atom is 0.251 e. The molecule has 3 nitrogen and oxygen atoms in total. The summed E-state index contributed by atoms with van der Waals surface area (Å²) in [4.78, 5) is 12.3. The number of hydrogen-bond acceptors (Lipinski definition) is 2. The van der Waals surface area contributed by atoms with E-state index in [1.165, 1.54) is 12.8 Å². The molecule has 0 radical (unpaired) electrons. The Bertz CT molecular complexity index is 462. The summed E-state index contributed by atoms with van der Waals surface area (Å²) in [6.45, 7) is 6.19. The van der Waals surface area contributed by atoms with Crippen molar-refractivity contribution in [1.29, 1.82) is 0 Å². The molecular formula is C15H22N2O. The van der Waals surface area contributed by atoms with Crippen LogP contribution in [-0.2, 0) is 0 Å². The fourth-order valence-electron chi connectivity index (χ4n) is 2.34. The van der Waals surface area contributed by atoms with E-state index in [2.05, 4.69) is 24.5 Å². The van der Waals surface area contributed by atoms with Crippen molar-refractivity contribution in [1.82, 2.24) is 5.32 Å². The van der Waals surface area contributed by atoms with E-state index in [4.69, 9.17) is 0 Å². The standard InChI is InChI=1S/C15H22N2O/c1-10-9-12(16-4)7-8-13(10)14(18)17-15(2,3)11-5-6-11/h7-9,11,16H,5-6H2,1-4H3,(H,17,18). The van der Waals surface area contributed by atoms with Crippen molar-refractivity contribution in [2.45, 2.75) is 39.2 Å². The maximum atomic E-state index is 12.3. The van der Waals surface area contributed by atoms with Gasteiger partial charge in [-0.1, -0.05) is 0 Å². The molecule has 2 rings (SSSR count). The van der Waals surface area contributed by atoms with Crippen LogP contribution in [0.5, 0.6) is 0 Å². The molecule has 98 valence electrons. The number of anilines is 1. The average Bonchev–Trinajstić information content (AvgIpc) is 3.11. The van der Waals surface area contributed by atoms with Gasteiger partial charge >= 0.3 is 0 Å². The molecular weight excluding hydrogens is 224 g/mol. The van der Waals surface area contributed by atoms with Crippen LogP contribution < -0.4 is 10.6 Å². The molecule has 0 aromatic heterocycles. The number of aryl methyl sites for hydroxylation is 1. The van der Waals surface area contributed by atoms with E-state index in [1.54, 1.807) is 0 Å². The molecule has 0 aliphatic heterocycles. The molecule has 2 N–H and O–H groups in total. The van der Waals surface area contributed by atoms with E-state index in [0.717, 1.165) is 16.8 Å². The van der Waals surface area contributed by atoms with Crippen molar-refractivity contribution < 1.29 is 4.79 Å². The molecule has 1 saturated carbocycles. The topological polar surface area (TPSA) is 41.1 Å². The van der Waals surface area contributed by atoms with Gasteiger partial charge in [0.2, 0.25) is 0 Å². The third-order valence-electron chi connectivity index (χ3n) is 3.79. The molecule has 1 fully saturated rings. The van der Waals surface area contributed by atoms with Crippen LogP contribution in [0.15, 0.2) is 18.2 Å². The lowest BCUT2D eigenvalue weighted by molar-refractivity contribution is 0.0903. The first-order valence-electron chi connectivity index (χ1n) is 6.55. The number of carbonyl (C=O) groups excluding carboxylic acids is 1. The van der Waals surface area contributed by atoms with Crippen LogP contribution in [0.4, 0.5) is 5.69 Å². The van der Waals surface area contributed by atoms with Crippen LogP contribution >= 0.6 is 0 Å². The Morgan fingerprint density at radius 3 is 2.50 bits per heavy atom. The molecule has 1 aromatic carbocycles. The zero-order valence-corrected chi connectivity index (χ0v) is 11.6. The van der Waals surface area contributed by atoms with Gasteiger partial charge in [-0.25, -0.2) is 0 Å². The van der Waals surface area contributed by atoms with Crippen molar-refractivity contribution in [2.24, 2.45) is 5.92 Å². The van der Waals surface area contributed by atoms with Gasteiger partial charge in [0, 0.05) is 23.8 Å². The van der Waals surface area contributed by atoms with Crippen molar-refractivity contribution >= 4 is 11.6 Å². The summed E-state index contributed by atoms with van der Waals surface area (Å²) in [5, 5.41) is 6.23. The zero-order valence-electron chi connectivity index (χ0n) is 11.6. The van der Waals surface area contributed by atoms with Crippen molar-refractivity contribution in [3.05, 3.63) is 29.3 Å². The largest absolute Gasteiger partial charge is 0.388 e. The van der Waals surface area contributed by atoms with E-state index in [0.29, 0.717) is 5.92 Å². The average molecular weight is 246 g/mol. The molecule has 0 saturated heterocycles. The minimum Gasteiger partial charge on any atom is -0.388 e. The van der Waals surface area contributed by atoms with E-state index in [-0.39, 0.29) is 11.4 Å². The Labute approximate surface area is 109 Å². The molecule has 3 heteroatoms. The minimum atomic E-state index is -0.0921. The fraction of sp³-hybridized carbons (Fsp3) is 0.533. The number of nitrogens with one attached hydrogen (secondary N) is 2. The predicted octanol–water partition coefficient (Wildman–Crippen LogP) is 2.96. The highest BCUT2D eigenvalue weighted by molar-refractivity contribution is 5.96.